The van der Waals surface area contributed by atoms with Gasteiger partial charge < -0.3 is 10.3 Å². The normalized spacial score (nSPS) is 14.5. The highest BCUT2D eigenvalue weighted by Gasteiger charge is 2.19. The lowest BCUT2D eigenvalue weighted by Crippen LogP contribution is -2.42. The highest BCUT2D eigenvalue weighted by Crippen LogP contribution is 2.03. The molecule has 0 aromatic rings. The largest absolute Gasteiger partial charge is 0.396 e. The van der Waals surface area contributed by atoms with Gasteiger partial charge in [-0.1, -0.05) is 5.23 Å². The summed E-state index contributed by atoms with van der Waals surface area (Å²) in [5.41, 5.74) is 0. The second-order valence-electron chi connectivity index (χ2n) is 3.20. The van der Waals surface area contributed by atoms with Crippen molar-refractivity contribution in [2.45, 2.75) is 32.4 Å². The Bertz CT molecular complexity index is 132. The molecule has 0 aromatic heterocycles. The average Bonchev–Trinajstić information content (AvgIpc) is 2.03. The third-order valence-electron chi connectivity index (χ3n) is 1.78. The molecule has 0 amide bonds. The first-order valence-electron chi connectivity index (χ1n) is 4.22. The summed E-state index contributed by atoms with van der Waals surface area (Å²) in [6.45, 7) is 3.46. The number of aliphatic hydroxyl groups excluding tert-OH is 1. The van der Waals surface area contributed by atoms with Crippen molar-refractivity contribution in [1.82, 2.24) is 10.3 Å². The Morgan fingerprint density at radius 3 is 2.00 bits per heavy atom. The standard InChI is InChI=1S/C7H18N2O4/c1-6(2)8(11)5-7(3-4-10)9(12)13/h6-7,10-13H,3-5H2,1-2H3. The molecule has 0 rings (SSSR count). The molecular weight excluding hydrogens is 176 g/mol. The number of nitrogens with zero attached hydrogens (tertiary/aromatic N) is 2. The average molecular weight is 194 g/mol. The van der Waals surface area contributed by atoms with Gasteiger partial charge in [0.1, 0.15) is 0 Å². The number of hydrogen-bond donors (Lipinski definition) is 4. The van der Waals surface area contributed by atoms with E-state index in [4.69, 9.17) is 15.5 Å². The number of hydroxylamine groups is 4. The van der Waals surface area contributed by atoms with Crippen LogP contribution in [0.5, 0.6) is 0 Å². The molecule has 6 heteroatoms. The fourth-order valence-corrected chi connectivity index (χ4v) is 0.856. The monoisotopic (exact) mass is 194 g/mol. The molecule has 0 radical (unpaired) electrons. The van der Waals surface area contributed by atoms with Crippen molar-refractivity contribution in [2.75, 3.05) is 13.2 Å². The maximum atomic E-state index is 9.28. The fraction of sp³-hybridized carbons (Fsp3) is 1.00. The second-order valence-corrected chi connectivity index (χ2v) is 3.20. The van der Waals surface area contributed by atoms with E-state index in [-0.39, 0.29) is 30.8 Å². The molecular formula is C7H18N2O4. The minimum Gasteiger partial charge on any atom is -0.396 e. The Labute approximate surface area is 77.5 Å². The van der Waals surface area contributed by atoms with Crippen LogP contribution in [0.4, 0.5) is 0 Å². The Morgan fingerprint density at radius 2 is 1.69 bits per heavy atom. The molecule has 0 aliphatic heterocycles. The minimum atomic E-state index is -0.683. The maximum Gasteiger partial charge on any atom is 0.0795 e. The van der Waals surface area contributed by atoms with Crippen molar-refractivity contribution in [1.29, 1.82) is 0 Å². The molecule has 0 saturated carbocycles. The highest BCUT2D eigenvalue weighted by atomic mass is 16.8. The first-order valence-corrected chi connectivity index (χ1v) is 4.22. The van der Waals surface area contributed by atoms with Crippen LogP contribution in [-0.4, -0.2) is 56.3 Å². The van der Waals surface area contributed by atoms with Gasteiger partial charge >= 0.3 is 0 Å². The fourth-order valence-electron chi connectivity index (χ4n) is 0.856. The van der Waals surface area contributed by atoms with Crippen LogP contribution in [-0.2, 0) is 0 Å². The molecule has 13 heavy (non-hydrogen) atoms. The smallest absolute Gasteiger partial charge is 0.0795 e. The van der Waals surface area contributed by atoms with Gasteiger partial charge in [0, 0.05) is 19.2 Å². The summed E-state index contributed by atoms with van der Waals surface area (Å²) in [4.78, 5) is 0. The molecule has 0 spiro atoms. The molecule has 0 aliphatic carbocycles. The van der Waals surface area contributed by atoms with Crippen LogP contribution in [0, 0.1) is 0 Å². The zero-order chi connectivity index (χ0) is 10.4. The summed E-state index contributed by atoms with van der Waals surface area (Å²) in [6.07, 6.45) is 0.191. The predicted octanol–water partition coefficient (Wildman–Crippen LogP) is -0.0826. The molecule has 1 atom stereocenters. The van der Waals surface area contributed by atoms with Crippen LogP contribution in [0.15, 0.2) is 0 Å². The van der Waals surface area contributed by atoms with Gasteiger partial charge in [-0.25, -0.2) is 0 Å². The van der Waals surface area contributed by atoms with Gasteiger partial charge in [-0.2, -0.15) is 5.06 Å². The van der Waals surface area contributed by atoms with Crippen LogP contribution >= 0.6 is 0 Å². The Morgan fingerprint density at radius 1 is 1.15 bits per heavy atom. The van der Waals surface area contributed by atoms with Crippen LogP contribution in [0.25, 0.3) is 0 Å². The third kappa shape index (κ3) is 5.14. The van der Waals surface area contributed by atoms with E-state index < -0.39 is 6.04 Å². The first-order chi connectivity index (χ1) is 5.99. The van der Waals surface area contributed by atoms with Crippen LogP contribution < -0.4 is 0 Å². The van der Waals surface area contributed by atoms with Gasteiger partial charge in [0.25, 0.3) is 0 Å². The van der Waals surface area contributed by atoms with Gasteiger partial charge in [0.15, 0.2) is 0 Å². The van der Waals surface area contributed by atoms with Crippen LogP contribution in [0.3, 0.4) is 0 Å². The first kappa shape index (κ1) is 12.8. The van der Waals surface area contributed by atoms with Gasteiger partial charge in [0.2, 0.25) is 0 Å². The van der Waals surface area contributed by atoms with Crippen molar-refractivity contribution >= 4 is 0 Å². The molecule has 1 unspecified atom stereocenters. The third-order valence-corrected chi connectivity index (χ3v) is 1.78. The second kappa shape index (κ2) is 6.25. The maximum absolute atomic E-state index is 9.28. The minimum absolute atomic E-state index is 0.0157. The summed E-state index contributed by atoms with van der Waals surface area (Å²) in [5.74, 6) is 0. The summed E-state index contributed by atoms with van der Waals surface area (Å²) in [7, 11) is 0. The summed E-state index contributed by atoms with van der Waals surface area (Å²) in [6, 6.07) is -0.779. The molecule has 4 N–H and O–H groups in total. The van der Waals surface area contributed by atoms with E-state index in [0.717, 1.165) is 5.06 Å². The Balaban J connectivity index is 3.94. The molecule has 0 heterocycles. The molecule has 0 bridgehead atoms. The van der Waals surface area contributed by atoms with Gasteiger partial charge in [-0.05, 0) is 20.3 Å². The quantitative estimate of drug-likeness (QED) is 0.442. The van der Waals surface area contributed by atoms with Crippen LogP contribution in [0.2, 0.25) is 0 Å². The number of rotatable bonds is 6. The topological polar surface area (TPSA) is 87.4 Å². The predicted molar refractivity (Wildman–Crippen MR) is 44.5 cm³/mol. The molecule has 80 valence electrons. The zero-order valence-corrected chi connectivity index (χ0v) is 7.96. The van der Waals surface area contributed by atoms with Crippen molar-refractivity contribution < 1.29 is 20.7 Å². The summed E-state index contributed by atoms with van der Waals surface area (Å²) >= 11 is 0. The molecule has 0 saturated heterocycles. The Hall–Kier alpha value is -0.240. The van der Waals surface area contributed by atoms with Crippen LogP contribution in [0.1, 0.15) is 20.3 Å². The highest BCUT2D eigenvalue weighted by molar-refractivity contribution is 4.65. The zero-order valence-electron chi connectivity index (χ0n) is 7.96. The van der Waals surface area contributed by atoms with E-state index in [9.17, 15) is 5.21 Å². The van der Waals surface area contributed by atoms with E-state index in [1.807, 2.05) is 0 Å². The molecule has 0 fully saturated rings. The summed E-state index contributed by atoms with van der Waals surface area (Å²) in [5, 5.41) is 36.3. The van der Waals surface area contributed by atoms with Crippen molar-refractivity contribution in [2.24, 2.45) is 0 Å². The number of hydrogen-bond acceptors (Lipinski definition) is 6. The lowest BCUT2D eigenvalue weighted by molar-refractivity contribution is -0.341. The van der Waals surface area contributed by atoms with E-state index >= 15 is 0 Å². The van der Waals surface area contributed by atoms with Crippen molar-refractivity contribution in [3.05, 3.63) is 0 Å². The van der Waals surface area contributed by atoms with Gasteiger partial charge in [0.05, 0.1) is 6.04 Å². The van der Waals surface area contributed by atoms with Gasteiger partial charge in [-0.3, -0.25) is 10.4 Å². The molecule has 0 aromatic carbocycles. The number of aliphatic hydroxyl groups is 1. The lowest BCUT2D eigenvalue weighted by atomic mass is 10.2. The summed E-state index contributed by atoms with van der Waals surface area (Å²) < 4.78 is 0. The van der Waals surface area contributed by atoms with E-state index in [1.165, 1.54) is 0 Å². The van der Waals surface area contributed by atoms with Gasteiger partial charge in [-0.15, -0.1) is 0 Å². The molecule has 6 nitrogen and oxygen atoms in total. The van der Waals surface area contributed by atoms with E-state index in [2.05, 4.69) is 0 Å². The van der Waals surface area contributed by atoms with E-state index in [0.29, 0.717) is 0 Å². The SMILES string of the molecule is CC(C)N(O)CC(CCO)N(O)O. The lowest BCUT2D eigenvalue weighted by Gasteiger charge is -2.26. The van der Waals surface area contributed by atoms with E-state index in [1.54, 1.807) is 13.8 Å². The Kier molecular flexibility index (Phi) is 6.13. The van der Waals surface area contributed by atoms with Crippen molar-refractivity contribution in [3.8, 4) is 0 Å². The molecule has 0 aliphatic rings. The van der Waals surface area contributed by atoms with Crippen molar-refractivity contribution in [3.63, 3.8) is 0 Å².